The Bertz CT molecular complexity index is 773. The summed E-state index contributed by atoms with van der Waals surface area (Å²) in [7, 11) is 0. The quantitative estimate of drug-likeness (QED) is 0.338. The summed E-state index contributed by atoms with van der Waals surface area (Å²) in [5, 5.41) is 1.96. The van der Waals surface area contributed by atoms with Gasteiger partial charge in [0, 0.05) is 10.3 Å². The second-order valence-electron chi connectivity index (χ2n) is 6.02. The lowest BCUT2D eigenvalue weighted by Gasteiger charge is -2.18. The molecule has 128 valence electrons. The maximum Gasteiger partial charge on any atom is 0.313 e. The summed E-state index contributed by atoms with van der Waals surface area (Å²) in [6, 6.07) is 0. The van der Waals surface area contributed by atoms with Gasteiger partial charge in [-0.15, -0.1) is 11.3 Å². The predicted octanol–water partition coefficient (Wildman–Crippen LogP) is 3.43. The van der Waals surface area contributed by atoms with E-state index in [9.17, 15) is 9.59 Å². The van der Waals surface area contributed by atoms with Crippen molar-refractivity contribution >= 4 is 45.1 Å². The number of Topliss-reactive ketones (excluding diaryl/α,β-unsaturated/α-hetero) is 1. The highest BCUT2D eigenvalue weighted by Crippen LogP contribution is 2.40. The van der Waals surface area contributed by atoms with Gasteiger partial charge in [0.1, 0.15) is 22.6 Å². The molecule has 3 rings (SSSR count). The van der Waals surface area contributed by atoms with E-state index in [0.717, 1.165) is 28.1 Å². The van der Waals surface area contributed by atoms with Gasteiger partial charge < -0.3 is 4.74 Å². The molecule has 0 spiro atoms. The summed E-state index contributed by atoms with van der Waals surface area (Å²) in [4.78, 5) is 34.5. The third kappa shape index (κ3) is 3.78. The molecule has 0 bridgehead atoms. The van der Waals surface area contributed by atoms with Crippen LogP contribution in [0.1, 0.15) is 37.1 Å². The third-order valence-corrected chi connectivity index (χ3v) is 6.29. The van der Waals surface area contributed by atoms with E-state index < -0.39 is 5.97 Å². The van der Waals surface area contributed by atoms with Crippen molar-refractivity contribution in [3.63, 3.8) is 0 Å². The van der Waals surface area contributed by atoms with Gasteiger partial charge in [0.15, 0.2) is 5.78 Å². The zero-order valence-corrected chi connectivity index (χ0v) is 15.5. The van der Waals surface area contributed by atoms with Crippen LogP contribution in [0.15, 0.2) is 11.4 Å². The van der Waals surface area contributed by atoms with E-state index in [1.54, 1.807) is 24.6 Å². The van der Waals surface area contributed by atoms with E-state index in [1.165, 1.54) is 28.6 Å². The first-order chi connectivity index (χ1) is 11.6. The molecule has 0 aromatic carbocycles. The van der Waals surface area contributed by atoms with Crippen LogP contribution >= 0.6 is 23.1 Å². The highest BCUT2D eigenvalue weighted by atomic mass is 32.2. The summed E-state index contributed by atoms with van der Waals surface area (Å²) in [5.41, 5.74) is 1.36. The second-order valence-corrected chi connectivity index (χ2v) is 8.07. The molecule has 2 aromatic heterocycles. The Hall–Kier alpha value is -1.47. The van der Waals surface area contributed by atoms with Crippen LogP contribution in [-0.2, 0) is 27.2 Å². The number of thiophene rings is 1. The Balaban J connectivity index is 1.75. The van der Waals surface area contributed by atoms with Gasteiger partial charge in [-0.2, -0.15) is 0 Å². The molecule has 1 aliphatic rings. The number of thioether (sulfide) groups is 1. The minimum atomic E-state index is -0.460. The number of carbonyl (C=O) groups is 2. The number of ether oxygens (including phenoxy) is 1. The fourth-order valence-corrected chi connectivity index (χ4v) is 5.23. The number of carbonyl (C=O) groups excluding carboxylic acids is 2. The minimum Gasteiger partial charge on any atom is -0.466 e. The highest BCUT2D eigenvalue weighted by Gasteiger charge is 2.23. The summed E-state index contributed by atoms with van der Waals surface area (Å²) >= 11 is 3.14. The molecule has 2 heterocycles. The third-order valence-electron chi connectivity index (χ3n) is 4.07. The first-order valence-corrected chi connectivity index (χ1v) is 9.94. The van der Waals surface area contributed by atoms with Crippen molar-refractivity contribution in [2.24, 2.45) is 5.92 Å². The molecule has 1 unspecified atom stereocenters. The standard InChI is InChI=1S/C17H20N2O3S2/c1-3-22-14(21)7-11(20)8-23-16-15-12-5-4-10(2)6-13(12)24-17(15)19-9-18-16/h9-10H,3-8H2,1-2H3. The molecule has 1 aliphatic carbocycles. The number of ketones is 1. The number of hydrogen-bond donors (Lipinski definition) is 0. The van der Waals surface area contributed by atoms with Crippen molar-refractivity contribution in [1.29, 1.82) is 0 Å². The van der Waals surface area contributed by atoms with E-state index >= 15 is 0 Å². The minimum absolute atomic E-state index is 0.136. The zero-order valence-electron chi connectivity index (χ0n) is 13.8. The van der Waals surface area contributed by atoms with Gasteiger partial charge in [-0.25, -0.2) is 9.97 Å². The fourth-order valence-electron chi connectivity index (χ4n) is 2.93. The van der Waals surface area contributed by atoms with Gasteiger partial charge in [-0.05, 0) is 37.7 Å². The summed E-state index contributed by atoms with van der Waals surface area (Å²) in [6.45, 7) is 4.31. The fraction of sp³-hybridized carbons (Fsp3) is 0.529. The van der Waals surface area contributed by atoms with Gasteiger partial charge in [0.05, 0.1) is 12.4 Å². The molecule has 7 heteroatoms. The van der Waals surface area contributed by atoms with Gasteiger partial charge in [0.2, 0.25) is 0 Å². The number of aryl methyl sites for hydroxylation is 1. The molecule has 1 atom stereocenters. The Kier molecular flexibility index (Phi) is 5.50. The smallest absolute Gasteiger partial charge is 0.313 e. The molecular weight excluding hydrogens is 344 g/mol. The van der Waals surface area contributed by atoms with Gasteiger partial charge in [-0.3, -0.25) is 9.59 Å². The molecule has 0 saturated carbocycles. The Morgan fingerprint density at radius 3 is 3.04 bits per heavy atom. The molecule has 0 fully saturated rings. The molecule has 0 amide bonds. The number of nitrogens with zero attached hydrogens (tertiary/aromatic N) is 2. The second kappa shape index (κ2) is 7.61. The van der Waals surface area contributed by atoms with Crippen LogP contribution < -0.4 is 0 Å². The number of aromatic nitrogens is 2. The molecule has 2 aromatic rings. The van der Waals surface area contributed by atoms with Crippen LogP contribution in [0, 0.1) is 5.92 Å². The first kappa shape index (κ1) is 17.4. The predicted molar refractivity (Wildman–Crippen MR) is 95.6 cm³/mol. The van der Waals surface area contributed by atoms with Crippen LogP contribution in [0.3, 0.4) is 0 Å². The van der Waals surface area contributed by atoms with E-state index in [-0.39, 0.29) is 18.0 Å². The number of hydrogen-bond acceptors (Lipinski definition) is 7. The zero-order chi connectivity index (χ0) is 17.1. The van der Waals surface area contributed by atoms with Crippen LogP contribution in [0.25, 0.3) is 10.2 Å². The number of rotatable bonds is 6. The molecule has 0 radical (unpaired) electrons. The van der Waals surface area contributed by atoms with E-state index in [2.05, 4.69) is 16.9 Å². The van der Waals surface area contributed by atoms with Crippen molar-refractivity contribution in [3.8, 4) is 0 Å². The van der Waals surface area contributed by atoms with E-state index in [1.807, 2.05) is 0 Å². The topological polar surface area (TPSA) is 69.2 Å². The van der Waals surface area contributed by atoms with Gasteiger partial charge in [-0.1, -0.05) is 18.7 Å². The summed E-state index contributed by atoms with van der Waals surface area (Å²) in [5.74, 6) is 0.341. The molecule has 0 saturated heterocycles. The van der Waals surface area contributed by atoms with Crippen LogP contribution in [0.5, 0.6) is 0 Å². The van der Waals surface area contributed by atoms with E-state index in [4.69, 9.17) is 4.74 Å². The molecule has 0 N–H and O–H groups in total. The van der Waals surface area contributed by atoms with Crippen LogP contribution in [-0.4, -0.2) is 34.1 Å². The van der Waals surface area contributed by atoms with Gasteiger partial charge >= 0.3 is 5.97 Å². The Labute approximate surface area is 149 Å². The van der Waals surface area contributed by atoms with Gasteiger partial charge in [0.25, 0.3) is 0 Å². The average Bonchev–Trinajstić information content (AvgIpc) is 2.90. The summed E-state index contributed by atoms with van der Waals surface area (Å²) < 4.78 is 4.81. The van der Waals surface area contributed by atoms with Crippen molar-refractivity contribution < 1.29 is 14.3 Å². The van der Waals surface area contributed by atoms with E-state index in [0.29, 0.717) is 12.5 Å². The molecule has 0 aliphatic heterocycles. The maximum atomic E-state index is 11.9. The number of esters is 1. The molecule has 24 heavy (non-hydrogen) atoms. The van der Waals surface area contributed by atoms with Crippen molar-refractivity contribution in [3.05, 3.63) is 16.8 Å². The molecule has 5 nitrogen and oxygen atoms in total. The number of fused-ring (bicyclic) bond motifs is 3. The lowest BCUT2D eigenvalue weighted by Crippen LogP contribution is -2.13. The van der Waals surface area contributed by atoms with Crippen molar-refractivity contribution in [2.45, 2.75) is 44.6 Å². The lowest BCUT2D eigenvalue weighted by molar-refractivity contribution is -0.145. The summed E-state index contributed by atoms with van der Waals surface area (Å²) in [6.07, 6.45) is 4.72. The highest BCUT2D eigenvalue weighted by molar-refractivity contribution is 8.00. The molecular formula is C17H20N2O3S2. The largest absolute Gasteiger partial charge is 0.466 e. The van der Waals surface area contributed by atoms with Crippen LogP contribution in [0.4, 0.5) is 0 Å². The van der Waals surface area contributed by atoms with Crippen molar-refractivity contribution in [2.75, 3.05) is 12.4 Å². The SMILES string of the molecule is CCOC(=O)CC(=O)CSc1ncnc2sc3c(c12)CCC(C)C3. The normalized spacial score (nSPS) is 16.8. The average molecular weight is 364 g/mol. The lowest BCUT2D eigenvalue weighted by atomic mass is 9.89. The van der Waals surface area contributed by atoms with Crippen LogP contribution in [0.2, 0.25) is 0 Å². The Morgan fingerprint density at radius 1 is 1.42 bits per heavy atom. The first-order valence-electron chi connectivity index (χ1n) is 8.13. The monoisotopic (exact) mass is 364 g/mol. The Morgan fingerprint density at radius 2 is 2.25 bits per heavy atom. The maximum absolute atomic E-state index is 11.9. The van der Waals surface area contributed by atoms with Crippen molar-refractivity contribution in [1.82, 2.24) is 9.97 Å².